The number of rotatable bonds is 13. The van der Waals surface area contributed by atoms with Crippen LogP contribution in [0.15, 0.2) is 74.6 Å². The second-order valence-corrected chi connectivity index (χ2v) is 9.30. The molecule has 0 aliphatic carbocycles. The van der Waals surface area contributed by atoms with E-state index in [0.29, 0.717) is 30.0 Å². The van der Waals surface area contributed by atoms with Gasteiger partial charge in [0, 0.05) is 11.6 Å². The Morgan fingerprint density at radius 3 is 1.76 bits per heavy atom. The minimum absolute atomic E-state index is 0.176. The molecular weight excluding hydrogens is 594 g/mol. The number of aliphatic hydroxyl groups excluding tert-OH is 1. The van der Waals surface area contributed by atoms with Crippen molar-refractivity contribution < 1.29 is 43.2 Å². The summed E-state index contributed by atoms with van der Waals surface area (Å²) in [4.78, 5) is 86.5. The first-order valence-electron chi connectivity index (χ1n) is 13.5. The van der Waals surface area contributed by atoms with Gasteiger partial charge in [-0.2, -0.15) is 0 Å². The van der Waals surface area contributed by atoms with Crippen molar-refractivity contribution in [3.8, 4) is 0 Å². The molecule has 0 radical (unpaired) electrons. The molecule has 15 nitrogen and oxygen atoms in total. The maximum Gasteiger partial charge on any atom is 0.338 e. The van der Waals surface area contributed by atoms with Crippen LogP contribution in [0.3, 0.4) is 0 Å². The van der Waals surface area contributed by atoms with Crippen LogP contribution in [-0.4, -0.2) is 76.7 Å². The van der Waals surface area contributed by atoms with Gasteiger partial charge in [-0.1, -0.05) is 24.3 Å². The Morgan fingerprint density at radius 2 is 1.24 bits per heavy atom. The Hall–Kier alpha value is -5.57. The highest BCUT2D eigenvalue weighted by Crippen LogP contribution is 2.19. The van der Waals surface area contributed by atoms with E-state index in [2.05, 4.69) is 4.74 Å². The first kappa shape index (κ1) is 33.9. The second kappa shape index (κ2) is 15.8. The molecule has 3 rings (SSSR count). The lowest BCUT2D eigenvalue weighted by Gasteiger charge is -2.13. The fraction of sp³-hybridized carbons (Fsp3) is 0.300. The molecule has 0 atom stereocenters. The lowest BCUT2D eigenvalue weighted by atomic mass is 10.0. The molecule has 0 amide bonds. The van der Waals surface area contributed by atoms with Crippen molar-refractivity contribution in [1.29, 1.82) is 0 Å². The monoisotopic (exact) mass is 625 g/mol. The Bertz CT molecular complexity index is 1850. The highest BCUT2D eigenvalue weighted by molar-refractivity contribution is 5.99. The molecule has 0 spiro atoms. The van der Waals surface area contributed by atoms with Crippen LogP contribution in [0.5, 0.6) is 0 Å². The predicted octanol–water partition coefficient (Wildman–Crippen LogP) is 0.180. The summed E-state index contributed by atoms with van der Waals surface area (Å²) in [7, 11) is 2.48. The molecule has 1 N–H and O–H groups in total. The Kier molecular flexibility index (Phi) is 11.9. The van der Waals surface area contributed by atoms with E-state index in [0.717, 1.165) is 6.08 Å². The topological polar surface area (TPSA) is 191 Å². The molecule has 0 fully saturated rings. The quantitative estimate of drug-likeness (QED) is 0.117. The fourth-order valence-corrected chi connectivity index (χ4v) is 4.07. The predicted molar refractivity (Wildman–Crippen MR) is 158 cm³/mol. The van der Waals surface area contributed by atoms with Gasteiger partial charge in [0.1, 0.15) is 13.2 Å². The summed E-state index contributed by atoms with van der Waals surface area (Å²) in [6.45, 7) is -1.19. The van der Waals surface area contributed by atoms with Gasteiger partial charge in [0.05, 0.1) is 51.6 Å². The Balaban J connectivity index is 1.71. The van der Waals surface area contributed by atoms with E-state index in [4.69, 9.17) is 14.2 Å². The molecule has 0 bridgehead atoms. The fourth-order valence-electron chi connectivity index (χ4n) is 4.07. The third-order valence-corrected chi connectivity index (χ3v) is 6.40. The second-order valence-electron chi connectivity index (χ2n) is 9.30. The van der Waals surface area contributed by atoms with Crippen molar-refractivity contribution in [1.82, 2.24) is 13.7 Å². The van der Waals surface area contributed by atoms with Gasteiger partial charge in [0.2, 0.25) is 0 Å². The van der Waals surface area contributed by atoms with E-state index in [9.17, 15) is 38.7 Å². The molecule has 0 aliphatic heterocycles. The third kappa shape index (κ3) is 8.51. The number of hydrogen-bond donors (Lipinski definition) is 1. The highest BCUT2D eigenvalue weighted by atomic mass is 16.5. The van der Waals surface area contributed by atoms with Gasteiger partial charge >= 0.3 is 40.9 Å². The average Bonchev–Trinajstić information content (AvgIpc) is 3.04. The Morgan fingerprint density at radius 1 is 0.733 bits per heavy atom. The number of allylic oxidation sites excluding steroid dienone is 2. The number of ether oxygens (including phenoxy) is 4. The van der Waals surface area contributed by atoms with Crippen LogP contribution in [-0.2, 0) is 48.2 Å². The molecule has 45 heavy (non-hydrogen) atoms. The molecule has 0 aliphatic rings. The van der Waals surface area contributed by atoms with E-state index in [1.165, 1.54) is 39.4 Å². The van der Waals surface area contributed by atoms with Gasteiger partial charge in [0.25, 0.3) is 0 Å². The smallest absolute Gasteiger partial charge is 0.338 e. The minimum atomic E-state index is -1.04. The minimum Gasteiger partial charge on any atom is -0.466 e. The Labute approximate surface area is 255 Å². The summed E-state index contributed by atoms with van der Waals surface area (Å²) in [5.41, 5.74) is -2.33. The van der Waals surface area contributed by atoms with Crippen LogP contribution in [0.25, 0.3) is 10.8 Å². The number of benzene rings is 2. The molecule has 15 heteroatoms. The maximum absolute atomic E-state index is 13.0. The lowest BCUT2D eigenvalue weighted by Crippen LogP contribution is -2.55. The number of hydrogen-bond acceptors (Lipinski definition) is 12. The summed E-state index contributed by atoms with van der Waals surface area (Å²) >= 11 is 0. The van der Waals surface area contributed by atoms with Crippen LogP contribution >= 0.6 is 0 Å². The molecule has 238 valence electrons. The summed E-state index contributed by atoms with van der Waals surface area (Å²) in [5.74, 6) is -2.66. The number of aromatic nitrogens is 3. The van der Waals surface area contributed by atoms with Crippen molar-refractivity contribution >= 4 is 34.6 Å². The first-order chi connectivity index (χ1) is 21.5. The van der Waals surface area contributed by atoms with Crippen LogP contribution in [0.1, 0.15) is 27.6 Å². The van der Waals surface area contributed by atoms with Crippen molar-refractivity contribution in [2.75, 3.05) is 34.0 Å². The number of carbonyl (C=O) groups excluding carboxylic acids is 4. The lowest BCUT2D eigenvalue weighted by molar-refractivity contribution is -0.138. The third-order valence-electron chi connectivity index (χ3n) is 6.40. The summed E-state index contributed by atoms with van der Waals surface area (Å²) < 4.78 is 21.5. The van der Waals surface area contributed by atoms with Crippen LogP contribution < -0.4 is 17.1 Å². The largest absolute Gasteiger partial charge is 0.466 e. The van der Waals surface area contributed by atoms with Crippen molar-refractivity contribution in [3.63, 3.8) is 0 Å². The standard InChI is InChI=1S/C30H31N3O12/c1-19(25(36)42-2)5-4-6-24(35)44-15-12-32-28(39)31(11-14-34)29(40)33(30(32)41)13-16-45-27(38)23-10-8-20-17-22(26(37)43-3)9-7-21(20)18-23/h4-10,17-18,34H,11-16H2,1-3H3/b6-4+,19-5+. The SMILES string of the molecule is COC(=O)/C(C)=C/C=C/C(=O)OCCn1c(=O)n(CCO)c(=O)n(CCOC(=O)c2ccc3cc(C(=O)OC)ccc3c2)c1=O. The molecule has 0 saturated heterocycles. The van der Waals surface area contributed by atoms with E-state index < -0.39 is 80.4 Å². The zero-order valence-corrected chi connectivity index (χ0v) is 24.7. The average molecular weight is 626 g/mol. The molecule has 2 aromatic carbocycles. The molecule has 0 unspecified atom stereocenters. The van der Waals surface area contributed by atoms with Gasteiger partial charge < -0.3 is 24.1 Å². The summed E-state index contributed by atoms with van der Waals surface area (Å²) in [5, 5.41) is 10.7. The van der Waals surface area contributed by atoms with Crippen molar-refractivity contribution in [3.05, 3.63) is 103 Å². The van der Waals surface area contributed by atoms with E-state index in [1.54, 1.807) is 30.3 Å². The zero-order chi connectivity index (χ0) is 33.1. The van der Waals surface area contributed by atoms with Crippen LogP contribution in [0.4, 0.5) is 0 Å². The maximum atomic E-state index is 13.0. The van der Waals surface area contributed by atoms with Gasteiger partial charge in [0.15, 0.2) is 0 Å². The number of fused-ring (bicyclic) bond motifs is 1. The van der Waals surface area contributed by atoms with Crippen LogP contribution in [0.2, 0.25) is 0 Å². The number of carbonyl (C=O) groups is 4. The van der Waals surface area contributed by atoms with E-state index in [1.807, 2.05) is 0 Å². The van der Waals surface area contributed by atoms with Crippen LogP contribution in [0, 0.1) is 0 Å². The number of nitrogens with zero attached hydrogens (tertiary/aromatic N) is 3. The molecule has 3 aromatic rings. The number of methoxy groups -OCH3 is 2. The molecule has 1 heterocycles. The van der Waals surface area contributed by atoms with Gasteiger partial charge in [-0.05, 0) is 42.0 Å². The summed E-state index contributed by atoms with van der Waals surface area (Å²) in [6.07, 6.45) is 3.61. The number of esters is 4. The van der Waals surface area contributed by atoms with Gasteiger partial charge in [-0.15, -0.1) is 0 Å². The normalized spacial score (nSPS) is 11.4. The molecular formula is C30H31N3O12. The van der Waals surface area contributed by atoms with Gasteiger partial charge in [-0.3, -0.25) is 0 Å². The first-order valence-corrected chi connectivity index (χ1v) is 13.5. The highest BCUT2D eigenvalue weighted by Gasteiger charge is 2.17. The van der Waals surface area contributed by atoms with E-state index in [-0.39, 0.29) is 11.1 Å². The van der Waals surface area contributed by atoms with Gasteiger partial charge in [-0.25, -0.2) is 47.3 Å². The molecule has 1 aromatic heterocycles. The van der Waals surface area contributed by atoms with E-state index >= 15 is 0 Å². The zero-order valence-electron chi connectivity index (χ0n) is 24.7. The summed E-state index contributed by atoms with van der Waals surface area (Å²) in [6, 6.07) is 9.45. The molecule has 0 saturated carbocycles. The van der Waals surface area contributed by atoms with Crippen molar-refractivity contribution in [2.45, 2.75) is 26.6 Å². The van der Waals surface area contributed by atoms with Crippen molar-refractivity contribution in [2.24, 2.45) is 0 Å². The number of aliphatic hydroxyl groups is 1.